The monoisotopic (exact) mass is 408 g/mol. The summed E-state index contributed by atoms with van der Waals surface area (Å²) in [6.45, 7) is 4.14. The summed E-state index contributed by atoms with van der Waals surface area (Å²) in [5.41, 5.74) is 0.752. The normalized spacial score (nSPS) is 23.9. The van der Waals surface area contributed by atoms with Gasteiger partial charge in [0.1, 0.15) is 18.5 Å². The highest BCUT2D eigenvalue weighted by Gasteiger charge is 2.34. The molecule has 2 saturated heterocycles. The molecule has 0 saturated carbocycles. The zero-order valence-corrected chi connectivity index (χ0v) is 16.4. The molecule has 1 aromatic carbocycles. The van der Waals surface area contributed by atoms with Gasteiger partial charge in [-0.2, -0.15) is 0 Å². The van der Waals surface area contributed by atoms with Crippen LogP contribution in [0.2, 0.25) is 0 Å². The standard InChI is InChI=1S/C19H25FN4O5/c1-11-7-23(9-16(11)22-18(27)10-25)17-4-3-13(5-15(17)20)24-8-14(29-19(24)28)6-21-12(2)26/h3-5,11,14,16,25H,6-10H2,1-2H3,(H,21,26)(H,22,27)/t11-,14+,16+/m1/s1. The summed E-state index contributed by atoms with van der Waals surface area (Å²) in [6, 6.07) is 4.34. The molecular formula is C19H25FN4O5. The van der Waals surface area contributed by atoms with Crippen molar-refractivity contribution in [2.45, 2.75) is 26.0 Å². The molecule has 10 heteroatoms. The lowest BCUT2D eigenvalue weighted by Crippen LogP contribution is -2.41. The van der Waals surface area contributed by atoms with E-state index >= 15 is 0 Å². The maximum atomic E-state index is 14.8. The van der Waals surface area contributed by atoms with Crippen LogP contribution in [0.5, 0.6) is 0 Å². The minimum Gasteiger partial charge on any atom is -0.442 e. The molecule has 2 heterocycles. The molecule has 3 atom stereocenters. The first-order valence-corrected chi connectivity index (χ1v) is 9.45. The van der Waals surface area contributed by atoms with Crippen LogP contribution in [0, 0.1) is 11.7 Å². The lowest BCUT2D eigenvalue weighted by atomic mass is 10.1. The number of aliphatic hydroxyl groups excluding tert-OH is 1. The Labute approximate surface area is 167 Å². The summed E-state index contributed by atoms with van der Waals surface area (Å²) in [4.78, 5) is 37.7. The molecule has 0 aromatic heterocycles. The van der Waals surface area contributed by atoms with E-state index in [1.807, 2.05) is 11.8 Å². The van der Waals surface area contributed by atoms with Gasteiger partial charge in [-0.3, -0.25) is 14.5 Å². The summed E-state index contributed by atoms with van der Waals surface area (Å²) in [5.74, 6) is -1.07. The summed E-state index contributed by atoms with van der Waals surface area (Å²) < 4.78 is 20.0. The molecule has 2 aliphatic rings. The Morgan fingerprint density at radius 3 is 2.72 bits per heavy atom. The van der Waals surface area contributed by atoms with Crippen molar-refractivity contribution < 1.29 is 28.6 Å². The van der Waals surface area contributed by atoms with Crippen molar-refractivity contribution in [2.75, 3.05) is 42.6 Å². The van der Waals surface area contributed by atoms with Gasteiger partial charge in [0.2, 0.25) is 11.8 Å². The van der Waals surface area contributed by atoms with Crippen LogP contribution in [0.15, 0.2) is 18.2 Å². The van der Waals surface area contributed by atoms with Crippen molar-refractivity contribution in [3.8, 4) is 0 Å². The molecule has 2 aliphatic heterocycles. The van der Waals surface area contributed by atoms with Gasteiger partial charge in [-0.1, -0.05) is 6.92 Å². The van der Waals surface area contributed by atoms with Crippen LogP contribution in [-0.4, -0.2) is 67.9 Å². The van der Waals surface area contributed by atoms with E-state index in [9.17, 15) is 18.8 Å². The average molecular weight is 408 g/mol. The van der Waals surface area contributed by atoms with E-state index in [4.69, 9.17) is 9.84 Å². The number of halogens is 1. The van der Waals surface area contributed by atoms with Gasteiger partial charge in [0.25, 0.3) is 0 Å². The Hall–Kier alpha value is -2.88. The SMILES string of the molecule is CC(=O)NC[C@H]1CN(c2ccc(N3C[C@@H](C)[C@@H](NC(=O)CO)C3)c(F)c2)C(=O)O1. The van der Waals surface area contributed by atoms with Gasteiger partial charge < -0.3 is 25.4 Å². The largest absolute Gasteiger partial charge is 0.442 e. The molecule has 9 nitrogen and oxygen atoms in total. The summed E-state index contributed by atoms with van der Waals surface area (Å²) in [7, 11) is 0. The van der Waals surface area contributed by atoms with Crippen molar-refractivity contribution in [3.63, 3.8) is 0 Å². The predicted octanol–water partition coefficient (Wildman–Crippen LogP) is 0.220. The second-order valence-corrected chi connectivity index (χ2v) is 7.40. The third-order valence-electron chi connectivity index (χ3n) is 5.14. The molecule has 158 valence electrons. The van der Waals surface area contributed by atoms with Gasteiger partial charge >= 0.3 is 6.09 Å². The zero-order valence-electron chi connectivity index (χ0n) is 16.4. The number of nitrogens with zero attached hydrogens (tertiary/aromatic N) is 2. The van der Waals surface area contributed by atoms with E-state index in [0.29, 0.717) is 24.5 Å². The highest BCUT2D eigenvalue weighted by molar-refractivity contribution is 5.90. The highest BCUT2D eigenvalue weighted by atomic mass is 19.1. The van der Waals surface area contributed by atoms with E-state index < -0.39 is 30.5 Å². The van der Waals surface area contributed by atoms with Crippen LogP contribution < -0.4 is 20.4 Å². The van der Waals surface area contributed by atoms with Gasteiger partial charge in [0, 0.05) is 20.0 Å². The van der Waals surface area contributed by atoms with Crippen molar-refractivity contribution in [1.29, 1.82) is 0 Å². The first-order valence-electron chi connectivity index (χ1n) is 9.45. The second kappa shape index (κ2) is 8.64. The molecule has 3 amide bonds. The number of cyclic esters (lactones) is 1. The molecule has 3 rings (SSSR count). The Morgan fingerprint density at radius 2 is 2.07 bits per heavy atom. The first kappa shape index (κ1) is 20.8. The van der Waals surface area contributed by atoms with Gasteiger partial charge in [-0.05, 0) is 24.1 Å². The number of hydrogen-bond acceptors (Lipinski definition) is 6. The molecule has 0 spiro atoms. The molecule has 0 unspecified atom stereocenters. The Bertz CT molecular complexity index is 805. The third-order valence-corrected chi connectivity index (χ3v) is 5.14. The fraction of sp³-hybridized carbons (Fsp3) is 0.526. The minimum atomic E-state index is -0.589. The van der Waals surface area contributed by atoms with E-state index in [1.165, 1.54) is 17.9 Å². The molecule has 29 heavy (non-hydrogen) atoms. The van der Waals surface area contributed by atoms with Crippen molar-refractivity contribution in [1.82, 2.24) is 10.6 Å². The zero-order chi connectivity index (χ0) is 21.1. The van der Waals surface area contributed by atoms with Gasteiger partial charge in [-0.25, -0.2) is 9.18 Å². The fourth-order valence-corrected chi connectivity index (χ4v) is 3.62. The summed E-state index contributed by atoms with van der Waals surface area (Å²) in [6.07, 6.45) is -1.08. The number of carbonyl (C=O) groups excluding carboxylic acids is 3. The van der Waals surface area contributed by atoms with Crippen LogP contribution in [-0.2, 0) is 14.3 Å². The molecular weight excluding hydrogens is 383 g/mol. The van der Waals surface area contributed by atoms with E-state index in [1.54, 1.807) is 12.1 Å². The Kier molecular flexibility index (Phi) is 6.21. The third kappa shape index (κ3) is 4.76. The smallest absolute Gasteiger partial charge is 0.414 e. The molecule has 1 aromatic rings. The van der Waals surface area contributed by atoms with Gasteiger partial charge in [-0.15, -0.1) is 0 Å². The number of anilines is 2. The number of aliphatic hydroxyl groups is 1. The lowest BCUT2D eigenvalue weighted by Gasteiger charge is -2.21. The van der Waals surface area contributed by atoms with Crippen LogP contribution in [0.4, 0.5) is 20.6 Å². The van der Waals surface area contributed by atoms with Gasteiger partial charge in [0.05, 0.1) is 30.5 Å². The predicted molar refractivity (Wildman–Crippen MR) is 103 cm³/mol. The van der Waals surface area contributed by atoms with Gasteiger partial charge in [0.15, 0.2) is 0 Å². The lowest BCUT2D eigenvalue weighted by molar-refractivity contribution is -0.124. The molecule has 0 aliphatic carbocycles. The van der Waals surface area contributed by atoms with Crippen LogP contribution in [0.1, 0.15) is 13.8 Å². The molecule has 0 radical (unpaired) electrons. The summed E-state index contributed by atoms with van der Waals surface area (Å²) in [5, 5.41) is 14.2. The quantitative estimate of drug-likeness (QED) is 0.621. The molecule has 0 bridgehead atoms. The van der Waals surface area contributed by atoms with Crippen LogP contribution in [0.25, 0.3) is 0 Å². The Morgan fingerprint density at radius 1 is 1.31 bits per heavy atom. The van der Waals surface area contributed by atoms with E-state index in [-0.39, 0.29) is 31.0 Å². The molecule has 3 N–H and O–H groups in total. The van der Waals surface area contributed by atoms with Crippen LogP contribution >= 0.6 is 0 Å². The number of rotatable bonds is 6. The second-order valence-electron chi connectivity index (χ2n) is 7.40. The number of carbonyl (C=O) groups is 3. The van der Waals surface area contributed by atoms with E-state index in [2.05, 4.69) is 10.6 Å². The van der Waals surface area contributed by atoms with Crippen molar-refractivity contribution >= 4 is 29.3 Å². The molecule has 2 fully saturated rings. The maximum absolute atomic E-state index is 14.8. The number of ether oxygens (including phenoxy) is 1. The number of amides is 3. The Balaban J connectivity index is 1.67. The summed E-state index contributed by atoms with van der Waals surface area (Å²) >= 11 is 0. The maximum Gasteiger partial charge on any atom is 0.414 e. The minimum absolute atomic E-state index is 0.0904. The highest BCUT2D eigenvalue weighted by Crippen LogP contribution is 2.31. The number of benzene rings is 1. The van der Waals surface area contributed by atoms with Crippen molar-refractivity contribution in [2.24, 2.45) is 5.92 Å². The number of nitrogens with one attached hydrogen (secondary N) is 2. The number of hydrogen-bond donors (Lipinski definition) is 3. The first-order chi connectivity index (χ1) is 13.8. The average Bonchev–Trinajstić information content (AvgIpc) is 3.22. The fourth-order valence-electron chi connectivity index (χ4n) is 3.62. The topological polar surface area (TPSA) is 111 Å². The van der Waals surface area contributed by atoms with Crippen molar-refractivity contribution in [3.05, 3.63) is 24.0 Å². The van der Waals surface area contributed by atoms with E-state index in [0.717, 1.165) is 0 Å². The van der Waals surface area contributed by atoms with Crippen LogP contribution in [0.3, 0.4) is 0 Å².